The second kappa shape index (κ2) is 4.23. The Morgan fingerprint density at radius 1 is 1.50 bits per heavy atom. The number of carboxylic acid groups (broad SMARTS) is 1. The minimum atomic E-state index is -0.857. The molecule has 0 bridgehead atoms. The van der Waals surface area contributed by atoms with Crippen LogP contribution in [0, 0.1) is 0 Å². The number of imidazole rings is 1. The summed E-state index contributed by atoms with van der Waals surface area (Å²) >= 11 is 0. The monoisotopic (exact) mass is 244 g/mol. The van der Waals surface area contributed by atoms with Crippen LogP contribution in [0.4, 0.5) is 0 Å². The zero-order chi connectivity index (χ0) is 12.5. The third kappa shape index (κ3) is 1.76. The van der Waals surface area contributed by atoms with Crippen molar-refractivity contribution >= 4 is 5.97 Å². The molecule has 0 fully saturated rings. The van der Waals surface area contributed by atoms with Crippen molar-refractivity contribution in [2.24, 2.45) is 0 Å². The molecular formula is C12H12N4O2. The second-order valence-corrected chi connectivity index (χ2v) is 4.25. The summed E-state index contributed by atoms with van der Waals surface area (Å²) in [6, 6.07) is 2.90. The van der Waals surface area contributed by atoms with E-state index >= 15 is 0 Å². The number of hydrogen-bond acceptors (Lipinski definition) is 4. The summed E-state index contributed by atoms with van der Waals surface area (Å²) in [6.07, 6.45) is 5.42. The van der Waals surface area contributed by atoms with E-state index in [4.69, 9.17) is 5.11 Å². The van der Waals surface area contributed by atoms with Gasteiger partial charge in [-0.05, 0) is 11.6 Å². The van der Waals surface area contributed by atoms with E-state index in [9.17, 15) is 4.79 Å². The highest BCUT2D eigenvalue weighted by molar-refractivity contribution is 5.74. The zero-order valence-corrected chi connectivity index (χ0v) is 9.50. The van der Waals surface area contributed by atoms with Gasteiger partial charge in [-0.3, -0.25) is 15.1 Å². The Morgan fingerprint density at radius 3 is 3.11 bits per heavy atom. The normalized spacial score (nSPS) is 22.4. The fraction of sp³-hybridized carbons (Fsp3) is 0.250. The number of nitrogens with one attached hydrogen (secondary N) is 2. The number of aliphatic carboxylic acids is 1. The smallest absolute Gasteiger partial charge is 0.321 e. The van der Waals surface area contributed by atoms with Crippen molar-refractivity contribution in [2.75, 3.05) is 0 Å². The maximum Gasteiger partial charge on any atom is 0.321 e. The third-order valence-corrected chi connectivity index (χ3v) is 3.12. The molecule has 18 heavy (non-hydrogen) atoms. The molecule has 3 rings (SSSR count). The van der Waals surface area contributed by atoms with E-state index in [2.05, 4.69) is 20.3 Å². The topological polar surface area (TPSA) is 90.9 Å². The first-order valence-corrected chi connectivity index (χ1v) is 5.66. The van der Waals surface area contributed by atoms with Gasteiger partial charge in [-0.25, -0.2) is 4.98 Å². The van der Waals surface area contributed by atoms with Crippen molar-refractivity contribution < 1.29 is 9.90 Å². The molecule has 3 N–H and O–H groups in total. The van der Waals surface area contributed by atoms with Crippen LogP contribution in [-0.2, 0) is 11.2 Å². The summed E-state index contributed by atoms with van der Waals surface area (Å²) in [4.78, 5) is 22.5. The maximum atomic E-state index is 11.2. The largest absolute Gasteiger partial charge is 0.480 e. The zero-order valence-electron chi connectivity index (χ0n) is 9.50. The Kier molecular flexibility index (Phi) is 2.56. The molecule has 2 unspecified atom stereocenters. The van der Waals surface area contributed by atoms with Gasteiger partial charge >= 0.3 is 5.97 Å². The fourth-order valence-corrected chi connectivity index (χ4v) is 2.25. The molecular weight excluding hydrogens is 232 g/mol. The molecule has 3 heterocycles. The molecule has 0 aromatic carbocycles. The molecule has 2 aromatic heterocycles. The van der Waals surface area contributed by atoms with Crippen molar-refractivity contribution in [3.05, 3.63) is 47.8 Å². The number of aromatic amines is 1. The molecule has 2 atom stereocenters. The van der Waals surface area contributed by atoms with Crippen molar-refractivity contribution in [3.8, 4) is 0 Å². The van der Waals surface area contributed by atoms with Crippen LogP contribution in [0.25, 0.3) is 0 Å². The van der Waals surface area contributed by atoms with E-state index in [-0.39, 0.29) is 6.04 Å². The van der Waals surface area contributed by atoms with Gasteiger partial charge in [-0.15, -0.1) is 0 Å². The van der Waals surface area contributed by atoms with Crippen molar-refractivity contribution in [2.45, 2.75) is 18.5 Å². The van der Waals surface area contributed by atoms with Crippen LogP contribution in [-0.4, -0.2) is 32.1 Å². The molecule has 0 spiro atoms. The lowest BCUT2D eigenvalue weighted by atomic mass is 9.95. The van der Waals surface area contributed by atoms with Gasteiger partial charge in [0.05, 0.1) is 18.1 Å². The number of aromatic nitrogens is 3. The molecule has 6 nitrogen and oxygen atoms in total. The predicted octanol–water partition coefficient (Wildman–Crippen LogP) is 0.493. The molecule has 0 saturated heterocycles. The molecule has 2 aromatic rings. The van der Waals surface area contributed by atoms with Gasteiger partial charge in [0.15, 0.2) is 0 Å². The summed E-state index contributed by atoms with van der Waals surface area (Å²) in [5.41, 5.74) is 2.63. The van der Waals surface area contributed by atoms with E-state index in [1.807, 2.05) is 12.1 Å². The molecule has 0 amide bonds. The first-order chi connectivity index (χ1) is 8.75. The van der Waals surface area contributed by atoms with Gasteiger partial charge in [-0.2, -0.15) is 0 Å². The van der Waals surface area contributed by atoms with E-state index in [1.54, 1.807) is 18.7 Å². The summed E-state index contributed by atoms with van der Waals surface area (Å²) < 4.78 is 0. The Balaban J connectivity index is 2.02. The lowest BCUT2D eigenvalue weighted by Gasteiger charge is -2.27. The highest BCUT2D eigenvalue weighted by atomic mass is 16.4. The predicted molar refractivity (Wildman–Crippen MR) is 62.9 cm³/mol. The Hall–Kier alpha value is -2.21. The second-order valence-electron chi connectivity index (χ2n) is 4.25. The van der Waals surface area contributed by atoms with E-state index in [1.165, 1.54) is 0 Å². The van der Waals surface area contributed by atoms with Gasteiger partial charge in [0, 0.05) is 24.5 Å². The summed E-state index contributed by atoms with van der Waals surface area (Å²) in [5, 5.41) is 12.2. The van der Waals surface area contributed by atoms with E-state index < -0.39 is 12.0 Å². The average molecular weight is 244 g/mol. The quantitative estimate of drug-likeness (QED) is 0.715. The summed E-state index contributed by atoms with van der Waals surface area (Å²) in [6.45, 7) is 0. The number of carboxylic acids is 1. The first-order valence-electron chi connectivity index (χ1n) is 5.66. The van der Waals surface area contributed by atoms with Gasteiger partial charge in [-0.1, -0.05) is 6.07 Å². The lowest BCUT2D eigenvalue weighted by Crippen LogP contribution is -2.45. The summed E-state index contributed by atoms with van der Waals surface area (Å²) in [7, 11) is 0. The van der Waals surface area contributed by atoms with Crippen LogP contribution in [0.2, 0.25) is 0 Å². The Bertz CT molecular complexity index is 566. The highest BCUT2D eigenvalue weighted by Crippen LogP contribution is 2.27. The van der Waals surface area contributed by atoms with Crippen molar-refractivity contribution in [1.29, 1.82) is 0 Å². The SMILES string of the molecule is O=C(O)C1Cc2[nH]cnc2C(c2cccnc2)N1. The van der Waals surface area contributed by atoms with Gasteiger partial charge in [0.25, 0.3) is 0 Å². The number of nitrogens with zero attached hydrogens (tertiary/aromatic N) is 2. The Labute approximate surface area is 103 Å². The molecule has 92 valence electrons. The third-order valence-electron chi connectivity index (χ3n) is 3.12. The van der Waals surface area contributed by atoms with Crippen molar-refractivity contribution in [1.82, 2.24) is 20.3 Å². The van der Waals surface area contributed by atoms with Crippen LogP contribution in [0.5, 0.6) is 0 Å². The minimum Gasteiger partial charge on any atom is -0.480 e. The minimum absolute atomic E-state index is 0.227. The van der Waals surface area contributed by atoms with E-state index in [0.717, 1.165) is 17.0 Å². The number of pyridine rings is 1. The number of rotatable bonds is 2. The summed E-state index contributed by atoms with van der Waals surface area (Å²) in [5.74, 6) is -0.857. The number of hydrogen-bond donors (Lipinski definition) is 3. The average Bonchev–Trinajstić information content (AvgIpc) is 2.86. The first kappa shape index (κ1) is 10.9. The molecule has 1 aliphatic rings. The van der Waals surface area contributed by atoms with Crippen LogP contribution >= 0.6 is 0 Å². The molecule has 0 aliphatic carbocycles. The van der Waals surface area contributed by atoms with Crippen LogP contribution < -0.4 is 5.32 Å². The highest BCUT2D eigenvalue weighted by Gasteiger charge is 2.33. The van der Waals surface area contributed by atoms with Gasteiger partial charge in [0.1, 0.15) is 6.04 Å². The van der Waals surface area contributed by atoms with Gasteiger partial charge in [0.2, 0.25) is 0 Å². The molecule has 0 saturated carbocycles. The standard InChI is InChI=1S/C12H12N4O2/c17-12(18)9-4-8-11(15-6-14-8)10(16-9)7-2-1-3-13-5-7/h1-3,5-6,9-10,16H,4H2,(H,14,15)(H,17,18). The van der Waals surface area contributed by atoms with Crippen molar-refractivity contribution in [3.63, 3.8) is 0 Å². The van der Waals surface area contributed by atoms with Crippen LogP contribution in [0.15, 0.2) is 30.9 Å². The fourth-order valence-electron chi connectivity index (χ4n) is 2.25. The van der Waals surface area contributed by atoms with Crippen LogP contribution in [0.3, 0.4) is 0 Å². The number of H-pyrrole nitrogens is 1. The Morgan fingerprint density at radius 2 is 2.39 bits per heavy atom. The molecule has 0 radical (unpaired) electrons. The molecule has 1 aliphatic heterocycles. The van der Waals surface area contributed by atoms with Gasteiger partial charge < -0.3 is 10.1 Å². The molecule has 6 heteroatoms. The lowest BCUT2D eigenvalue weighted by molar-refractivity contribution is -0.139. The number of carbonyl (C=O) groups is 1. The van der Waals surface area contributed by atoms with Crippen LogP contribution in [0.1, 0.15) is 23.0 Å². The maximum absolute atomic E-state index is 11.2. The van der Waals surface area contributed by atoms with E-state index in [0.29, 0.717) is 6.42 Å². The number of fused-ring (bicyclic) bond motifs is 1.